The first kappa shape index (κ1) is 20.9. The first-order valence-corrected chi connectivity index (χ1v) is 10.1. The molecule has 0 radical (unpaired) electrons. The summed E-state index contributed by atoms with van der Waals surface area (Å²) < 4.78 is 10.8. The Morgan fingerprint density at radius 2 is 1.90 bits per heavy atom. The van der Waals surface area contributed by atoms with E-state index in [2.05, 4.69) is 17.1 Å². The Balaban J connectivity index is 1.95. The standard InChI is InChI=1S/C21H22N4O3S/c1-21(2,26)12-28-15-5-3-14(4-6-15)18-16(7-22)19(24)25-20(17(18)8-23)29-11-13-9-27-10-13/h3-6,13,26H,9-12H2,1-2H3,(H2,24,25). The molecule has 0 saturated carbocycles. The number of nitrogens with two attached hydrogens (primary N) is 1. The Labute approximate surface area is 174 Å². The SMILES string of the molecule is CC(C)(O)COc1ccc(-c2c(C#N)c(N)nc(SCC3COC3)c2C#N)cc1. The number of nitriles is 2. The Bertz CT molecular complexity index is 968. The highest BCUT2D eigenvalue weighted by Gasteiger charge is 2.24. The monoisotopic (exact) mass is 410 g/mol. The summed E-state index contributed by atoms with van der Waals surface area (Å²) in [6.07, 6.45) is 0. The van der Waals surface area contributed by atoms with Crippen molar-refractivity contribution in [1.82, 2.24) is 4.98 Å². The zero-order valence-electron chi connectivity index (χ0n) is 16.3. The molecule has 7 nitrogen and oxygen atoms in total. The molecule has 1 saturated heterocycles. The van der Waals surface area contributed by atoms with E-state index in [1.807, 2.05) is 0 Å². The summed E-state index contributed by atoms with van der Waals surface area (Å²) in [5.74, 6) is 1.89. The van der Waals surface area contributed by atoms with Crippen molar-refractivity contribution in [3.63, 3.8) is 0 Å². The number of pyridine rings is 1. The number of thioether (sulfide) groups is 1. The van der Waals surface area contributed by atoms with Gasteiger partial charge in [-0.05, 0) is 31.5 Å². The number of hydrogen-bond donors (Lipinski definition) is 2. The van der Waals surface area contributed by atoms with Crippen molar-refractivity contribution >= 4 is 17.6 Å². The second-order valence-corrected chi connectivity index (χ2v) is 8.50. The molecule has 0 unspecified atom stereocenters. The van der Waals surface area contributed by atoms with Crippen LogP contribution >= 0.6 is 11.8 Å². The lowest BCUT2D eigenvalue weighted by molar-refractivity contribution is -0.0196. The largest absolute Gasteiger partial charge is 0.491 e. The fourth-order valence-corrected chi connectivity index (χ4v) is 3.79. The zero-order valence-corrected chi connectivity index (χ0v) is 17.1. The molecular weight excluding hydrogens is 388 g/mol. The van der Waals surface area contributed by atoms with E-state index in [0.29, 0.717) is 46.6 Å². The molecule has 8 heteroatoms. The van der Waals surface area contributed by atoms with Crippen LogP contribution in [-0.2, 0) is 4.74 Å². The molecule has 1 fully saturated rings. The number of rotatable bonds is 7. The number of nitrogens with zero attached hydrogens (tertiary/aromatic N) is 3. The van der Waals surface area contributed by atoms with Gasteiger partial charge in [-0.2, -0.15) is 10.5 Å². The van der Waals surface area contributed by atoms with Crippen molar-refractivity contribution in [2.45, 2.75) is 24.5 Å². The molecule has 29 heavy (non-hydrogen) atoms. The van der Waals surface area contributed by atoms with Gasteiger partial charge in [-0.25, -0.2) is 4.98 Å². The first-order valence-electron chi connectivity index (χ1n) is 9.12. The summed E-state index contributed by atoms with van der Waals surface area (Å²) in [6, 6.07) is 11.3. The van der Waals surface area contributed by atoms with Crippen LogP contribution in [0.15, 0.2) is 29.3 Å². The third-order valence-electron chi connectivity index (χ3n) is 4.31. The van der Waals surface area contributed by atoms with Gasteiger partial charge in [-0.3, -0.25) is 0 Å². The average Bonchev–Trinajstić information content (AvgIpc) is 2.64. The van der Waals surface area contributed by atoms with Gasteiger partial charge in [-0.1, -0.05) is 12.1 Å². The van der Waals surface area contributed by atoms with Gasteiger partial charge in [0.25, 0.3) is 0 Å². The molecular formula is C21H22N4O3S. The number of ether oxygens (including phenoxy) is 2. The molecule has 1 aromatic carbocycles. The number of nitrogen functional groups attached to an aromatic ring is 1. The number of aromatic nitrogens is 1. The van der Waals surface area contributed by atoms with Crippen LogP contribution in [0.2, 0.25) is 0 Å². The van der Waals surface area contributed by atoms with Crippen LogP contribution in [0, 0.1) is 28.6 Å². The second-order valence-electron chi connectivity index (χ2n) is 7.49. The summed E-state index contributed by atoms with van der Waals surface area (Å²) in [6.45, 7) is 4.88. The summed E-state index contributed by atoms with van der Waals surface area (Å²) in [4.78, 5) is 4.31. The normalized spacial score (nSPS) is 14.0. The van der Waals surface area contributed by atoms with Crippen LogP contribution in [-0.4, -0.2) is 41.3 Å². The molecule has 3 rings (SSSR count). The lowest BCUT2D eigenvalue weighted by Gasteiger charge is -2.25. The van der Waals surface area contributed by atoms with Crippen LogP contribution in [0.3, 0.4) is 0 Å². The molecule has 1 aliphatic rings. The Morgan fingerprint density at radius 3 is 2.41 bits per heavy atom. The first-order chi connectivity index (χ1) is 13.8. The Hall–Kier alpha value is -2.78. The molecule has 3 N–H and O–H groups in total. The van der Waals surface area contributed by atoms with Crippen LogP contribution in [0.25, 0.3) is 11.1 Å². The van der Waals surface area contributed by atoms with Gasteiger partial charge in [0.1, 0.15) is 40.9 Å². The van der Waals surface area contributed by atoms with E-state index < -0.39 is 5.60 Å². The maximum absolute atomic E-state index is 9.81. The molecule has 2 aromatic rings. The Morgan fingerprint density at radius 1 is 1.24 bits per heavy atom. The van der Waals surface area contributed by atoms with Gasteiger partial charge in [0.15, 0.2) is 0 Å². The molecule has 1 aromatic heterocycles. The average molecular weight is 410 g/mol. The van der Waals surface area contributed by atoms with E-state index in [9.17, 15) is 15.6 Å². The summed E-state index contributed by atoms with van der Waals surface area (Å²) >= 11 is 1.46. The topological polar surface area (TPSA) is 125 Å². The van der Waals surface area contributed by atoms with Crippen LogP contribution in [0.4, 0.5) is 5.82 Å². The number of aliphatic hydroxyl groups is 1. The number of benzene rings is 1. The van der Waals surface area contributed by atoms with E-state index >= 15 is 0 Å². The summed E-state index contributed by atoms with van der Waals surface area (Å²) in [7, 11) is 0. The highest BCUT2D eigenvalue weighted by Crippen LogP contribution is 2.37. The number of anilines is 1. The minimum Gasteiger partial charge on any atom is -0.491 e. The van der Waals surface area contributed by atoms with Crippen LogP contribution < -0.4 is 10.5 Å². The predicted octanol–water partition coefficient (Wildman–Crippen LogP) is 2.96. The van der Waals surface area contributed by atoms with Gasteiger partial charge in [-0.15, -0.1) is 11.8 Å². The summed E-state index contributed by atoms with van der Waals surface area (Å²) in [5, 5.41) is 29.7. The minimum atomic E-state index is -0.947. The van der Waals surface area contributed by atoms with Gasteiger partial charge in [0, 0.05) is 17.2 Å². The highest BCUT2D eigenvalue weighted by molar-refractivity contribution is 7.99. The van der Waals surface area contributed by atoms with Gasteiger partial charge in [0.05, 0.1) is 24.4 Å². The minimum absolute atomic E-state index is 0.108. The maximum Gasteiger partial charge on any atom is 0.143 e. The molecule has 150 valence electrons. The van der Waals surface area contributed by atoms with Gasteiger partial charge in [0.2, 0.25) is 0 Å². The fraction of sp³-hybridized carbons (Fsp3) is 0.381. The molecule has 1 aliphatic heterocycles. The maximum atomic E-state index is 9.81. The van der Waals surface area contributed by atoms with Crippen molar-refractivity contribution in [3.8, 4) is 29.0 Å². The smallest absolute Gasteiger partial charge is 0.143 e. The van der Waals surface area contributed by atoms with Crippen molar-refractivity contribution < 1.29 is 14.6 Å². The molecule has 0 amide bonds. The second kappa shape index (κ2) is 8.71. The van der Waals surface area contributed by atoms with Crippen molar-refractivity contribution in [2.24, 2.45) is 5.92 Å². The quantitative estimate of drug-likeness (QED) is 0.667. The van der Waals surface area contributed by atoms with Crippen LogP contribution in [0.5, 0.6) is 5.75 Å². The van der Waals surface area contributed by atoms with Crippen molar-refractivity contribution in [3.05, 3.63) is 35.4 Å². The highest BCUT2D eigenvalue weighted by atomic mass is 32.2. The molecule has 0 aliphatic carbocycles. The van der Waals surface area contributed by atoms with Crippen molar-refractivity contribution in [1.29, 1.82) is 10.5 Å². The van der Waals surface area contributed by atoms with E-state index in [-0.39, 0.29) is 18.0 Å². The lowest BCUT2D eigenvalue weighted by Crippen LogP contribution is -2.29. The Kier molecular flexibility index (Phi) is 6.29. The van der Waals surface area contributed by atoms with E-state index in [4.69, 9.17) is 15.2 Å². The lowest BCUT2D eigenvalue weighted by atomic mass is 9.97. The van der Waals surface area contributed by atoms with E-state index in [0.717, 1.165) is 5.75 Å². The molecule has 0 atom stereocenters. The van der Waals surface area contributed by atoms with E-state index in [1.165, 1.54) is 11.8 Å². The predicted molar refractivity (Wildman–Crippen MR) is 110 cm³/mol. The van der Waals surface area contributed by atoms with Gasteiger partial charge < -0.3 is 20.3 Å². The zero-order chi connectivity index (χ0) is 21.0. The number of hydrogen-bond acceptors (Lipinski definition) is 8. The molecule has 0 bridgehead atoms. The third kappa shape index (κ3) is 4.99. The molecule has 2 heterocycles. The summed E-state index contributed by atoms with van der Waals surface area (Å²) in [5.41, 5.74) is 6.77. The molecule has 0 spiro atoms. The fourth-order valence-electron chi connectivity index (χ4n) is 2.75. The van der Waals surface area contributed by atoms with Gasteiger partial charge >= 0.3 is 0 Å². The van der Waals surface area contributed by atoms with Crippen molar-refractivity contribution in [2.75, 3.05) is 31.3 Å². The van der Waals surface area contributed by atoms with E-state index in [1.54, 1.807) is 38.1 Å². The van der Waals surface area contributed by atoms with Crippen LogP contribution in [0.1, 0.15) is 25.0 Å². The third-order valence-corrected chi connectivity index (χ3v) is 5.52.